The lowest BCUT2D eigenvalue weighted by Gasteiger charge is -2.30. The number of carbonyl (C=O) groups is 7. The van der Waals surface area contributed by atoms with Gasteiger partial charge in [0, 0.05) is 44.2 Å². The van der Waals surface area contributed by atoms with Crippen LogP contribution in [-0.2, 0) is 52.8 Å². The van der Waals surface area contributed by atoms with Crippen LogP contribution >= 0.6 is 0 Å². The molecule has 1 saturated heterocycles. The first-order valence-corrected chi connectivity index (χ1v) is 21.2. The number of imidazole rings is 1. The lowest BCUT2D eigenvalue weighted by Crippen LogP contribution is -2.61. The maximum absolute atomic E-state index is 14.5. The Morgan fingerprint density at radius 1 is 0.797 bits per heavy atom. The highest BCUT2D eigenvalue weighted by atomic mass is 16.3. The van der Waals surface area contributed by atoms with E-state index in [0.29, 0.717) is 36.1 Å². The van der Waals surface area contributed by atoms with E-state index in [9.17, 15) is 38.7 Å². The van der Waals surface area contributed by atoms with Gasteiger partial charge in [0.15, 0.2) is 5.96 Å². The first-order chi connectivity index (χ1) is 30.6. The standard InChI is InChI=1S/C43H61N13O8/c1-25(2)36(55-38(60)30(51-35(58)23-47-3)11-7-17-49-43(45)46)41(63)53-32(20-27-13-15-29(57)16-14-27)39(61)52-31(19-26-9-5-4-6-10-26)40(62)54-33(21-28-22-48-24-50-28)42(64)56-18-8-12-34(56)37(44)59/h4-6,9-10,13-16,22,24-25,30-34,36,47,57H,7-8,11-12,17-21,23H2,1-3H3,(H2,44,59)(H,48,50)(H,51,58)(H,52,61)(H,53,63)(H,54,62)(H,55,60)(H4,45,46,49)/t30-,31-,32-,33-,34-,36-/m0/s1. The predicted octanol–water partition coefficient (Wildman–Crippen LogP) is -2.03. The van der Waals surface area contributed by atoms with Crippen LogP contribution in [0.1, 0.15) is 56.4 Å². The van der Waals surface area contributed by atoms with Crippen molar-refractivity contribution < 1.29 is 38.7 Å². The number of aromatic nitrogens is 2. The van der Waals surface area contributed by atoms with Crippen molar-refractivity contribution >= 4 is 47.3 Å². The maximum Gasteiger partial charge on any atom is 0.246 e. The molecule has 0 spiro atoms. The number of carbonyl (C=O) groups excluding carboxylic acids is 7. The number of amides is 7. The van der Waals surface area contributed by atoms with Crippen LogP contribution in [0.3, 0.4) is 0 Å². The monoisotopic (exact) mass is 887 g/mol. The molecule has 3 aromatic rings. The molecule has 64 heavy (non-hydrogen) atoms. The SMILES string of the molecule is CNCC(=O)N[C@@H](CCCN=C(N)N)C(=O)N[C@H](C(=O)N[C@@H](Cc1ccc(O)cc1)C(=O)N[C@@H](Cc1ccccc1)C(=O)N[C@@H](Cc1cnc[nH]1)C(=O)N1CCC[C@H]1C(N)=O)C(C)C. The Bertz CT molecular complexity index is 2060. The number of aromatic amines is 1. The zero-order valence-electron chi connectivity index (χ0n) is 36.3. The highest BCUT2D eigenvalue weighted by Gasteiger charge is 2.39. The molecule has 0 aliphatic carbocycles. The third-order valence-corrected chi connectivity index (χ3v) is 10.6. The predicted molar refractivity (Wildman–Crippen MR) is 237 cm³/mol. The normalized spacial score (nSPS) is 15.8. The van der Waals surface area contributed by atoms with Gasteiger partial charge in [-0.2, -0.15) is 0 Å². The summed E-state index contributed by atoms with van der Waals surface area (Å²) in [7, 11) is 1.57. The molecule has 21 nitrogen and oxygen atoms in total. The van der Waals surface area contributed by atoms with Crippen LogP contribution in [0.15, 0.2) is 72.1 Å². The average molecular weight is 888 g/mol. The van der Waals surface area contributed by atoms with Gasteiger partial charge in [0.1, 0.15) is 42.0 Å². The summed E-state index contributed by atoms with van der Waals surface area (Å²) in [6.45, 7) is 3.77. The van der Waals surface area contributed by atoms with Crippen molar-refractivity contribution in [3.63, 3.8) is 0 Å². The third-order valence-electron chi connectivity index (χ3n) is 10.6. The average Bonchev–Trinajstić information content (AvgIpc) is 3.97. The number of rotatable bonds is 24. The molecule has 0 radical (unpaired) electrons. The van der Waals surface area contributed by atoms with Gasteiger partial charge < -0.3 is 64.1 Å². The van der Waals surface area contributed by atoms with Crippen molar-refractivity contribution in [1.29, 1.82) is 0 Å². The van der Waals surface area contributed by atoms with E-state index < -0.39 is 83.5 Å². The summed E-state index contributed by atoms with van der Waals surface area (Å²) in [6.07, 6.45) is 4.17. The second-order valence-corrected chi connectivity index (χ2v) is 15.9. The summed E-state index contributed by atoms with van der Waals surface area (Å²) in [5, 5.41) is 26.5. The van der Waals surface area contributed by atoms with E-state index in [0.717, 1.165) is 0 Å². The topological polar surface area (TPSA) is 334 Å². The molecule has 0 saturated carbocycles. The number of aromatic hydroxyl groups is 1. The number of hydrogen-bond donors (Lipinski definition) is 11. The van der Waals surface area contributed by atoms with E-state index in [4.69, 9.17) is 17.2 Å². The van der Waals surface area contributed by atoms with Crippen LogP contribution in [0, 0.1) is 5.92 Å². The van der Waals surface area contributed by atoms with Gasteiger partial charge >= 0.3 is 0 Å². The molecular formula is C43H61N13O8. The van der Waals surface area contributed by atoms with Crippen LogP contribution in [0.25, 0.3) is 0 Å². The smallest absolute Gasteiger partial charge is 0.246 e. The first kappa shape index (κ1) is 49.6. The van der Waals surface area contributed by atoms with E-state index in [1.807, 2.05) is 0 Å². The number of benzene rings is 2. The van der Waals surface area contributed by atoms with Crippen molar-refractivity contribution in [2.75, 3.05) is 26.7 Å². The highest BCUT2D eigenvalue weighted by molar-refractivity contribution is 5.97. The van der Waals surface area contributed by atoms with Gasteiger partial charge in [0.05, 0.1) is 12.9 Å². The van der Waals surface area contributed by atoms with Crippen LogP contribution in [0.4, 0.5) is 0 Å². The van der Waals surface area contributed by atoms with Gasteiger partial charge in [0.2, 0.25) is 41.4 Å². The van der Waals surface area contributed by atoms with Gasteiger partial charge in [-0.3, -0.25) is 38.6 Å². The Labute approximate surface area is 371 Å². The lowest BCUT2D eigenvalue weighted by molar-refractivity contribution is -0.141. The molecule has 346 valence electrons. The Morgan fingerprint density at radius 3 is 1.98 bits per heavy atom. The van der Waals surface area contributed by atoms with Crippen molar-refractivity contribution in [2.24, 2.45) is 28.1 Å². The summed E-state index contributed by atoms with van der Waals surface area (Å²) in [5.74, 6) is -5.21. The van der Waals surface area contributed by atoms with Gasteiger partial charge in [-0.25, -0.2) is 4.98 Å². The minimum Gasteiger partial charge on any atom is -0.508 e. The molecule has 2 heterocycles. The number of nitrogens with zero attached hydrogens (tertiary/aromatic N) is 3. The summed E-state index contributed by atoms with van der Waals surface area (Å²) < 4.78 is 0. The zero-order chi connectivity index (χ0) is 46.8. The first-order valence-electron chi connectivity index (χ1n) is 21.2. The van der Waals surface area contributed by atoms with Crippen LogP contribution in [-0.4, -0.2) is 130 Å². The summed E-state index contributed by atoms with van der Waals surface area (Å²) >= 11 is 0. The van der Waals surface area contributed by atoms with E-state index in [1.165, 1.54) is 29.6 Å². The molecule has 1 aliphatic rings. The number of H-pyrrole nitrogens is 1. The number of likely N-dealkylation sites (N-methyl/N-ethyl adjacent to an activating group) is 1. The number of likely N-dealkylation sites (tertiary alicyclic amines) is 1. The minimum absolute atomic E-state index is 0.0172. The number of phenolic OH excluding ortho intramolecular Hbond substituents is 1. The number of nitrogens with one attached hydrogen (secondary N) is 7. The second-order valence-electron chi connectivity index (χ2n) is 15.9. The van der Waals surface area contributed by atoms with Crippen LogP contribution < -0.4 is 49.1 Å². The largest absolute Gasteiger partial charge is 0.508 e. The third kappa shape index (κ3) is 15.4. The molecule has 14 N–H and O–H groups in total. The van der Waals surface area contributed by atoms with Crippen LogP contribution in [0.5, 0.6) is 5.75 Å². The molecule has 2 aromatic carbocycles. The molecular weight excluding hydrogens is 827 g/mol. The minimum atomic E-state index is -1.34. The molecule has 7 amide bonds. The molecule has 4 rings (SSSR count). The quantitative estimate of drug-likeness (QED) is 0.0264. The molecule has 1 fully saturated rings. The maximum atomic E-state index is 14.5. The Hall–Kier alpha value is -7.03. The van der Waals surface area contributed by atoms with Gasteiger partial charge in [-0.1, -0.05) is 56.3 Å². The van der Waals surface area contributed by atoms with E-state index in [-0.39, 0.29) is 57.0 Å². The fourth-order valence-electron chi connectivity index (χ4n) is 7.25. The second kappa shape index (κ2) is 24.6. The van der Waals surface area contributed by atoms with Crippen molar-refractivity contribution in [2.45, 2.75) is 95.0 Å². The summed E-state index contributed by atoms with van der Waals surface area (Å²) in [5.41, 5.74) is 18.2. The van der Waals surface area contributed by atoms with Gasteiger partial charge in [-0.05, 0) is 61.9 Å². The Morgan fingerprint density at radius 2 is 1.41 bits per heavy atom. The number of hydrogen-bond acceptors (Lipinski definition) is 11. The molecule has 6 atom stereocenters. The summed E-state index contributed by atoms with van der Waals surface area (Å²) in [4.78, 5) is 108. The van der Waals surface area contributed by atoms with Crippen molar-refractivity contribution in [3.05, 3.63) is 83.9 Å². The van der Waals surface area contributed by atoms with Gasteiger partial charge in [0.25, 0.3) is 0 Å². The molecule has 1 aromatic heterocycles. The molecule has 0 unspecified atom stereocenters. The van der Waals surface area contributed by atoms with Gasteiger partial charge in [-0.15, -0.1) is 0 Å². The highest BCUT2D eigenvalue weighted by Crippen LogP contribution is 2.20. The number of phenols is 1. The Kier molecular flexibility index (Phi) is 19.0. The number of aliphatic imine (C=N–C) groups is 1. The molecule has 0 bridgehead atoms. The number of guanidine groups is 1. The van der Waals surface area contributed by atoms with Crippen LogP contribution in [0.2, 0.25) is 0 Å². The van der Waals surface area contributed by atoms with Crippen molar-refractivity contribution in [3.8, 4) is 5.75 Å². The zero-order valence-corrected chi connectivity index (χ0v) is 36.3. The fraction of sp³-hybridized carbons (Fsp3) is 0.465. The molecule has 1 aliphatic heterocycles. The van der Waals surface area contributed by atoms with E-state index in [1.54, 1.807) is 63.4 Å². The molecule has 21 heteroatoms. The lowest BCUT2D eigenvalue weighted by atomic mass is 9.99. The number of primary amides is 1. The summed E-state index contributed by atoms with van der Waals surface area (Å²) in [6, 6.07) is 7.91. The fourth-order valence-corrected chi connectivity index (χ4v) is 7.25. The number of nitrogens with two attached hydrogens (primary N) is 3. The van der Waals surface area contributed by atoms with E-state index in [2.05, 4.69) is 46.9 Å². The Balaban J connectivity index is 1.62. The van der Waals surface area contributed by atoms with E-state index >= 15 is 0 Å². The van der Waals surface area contributed by atoms with Crippen molar-refractivity contribution in [1.82, 2.24) is 46.8 Å².